The van der Waals surface area contributed by atoms with Gasteiger partial charge in [-0.2, -0.15) is 0 Å². The summed E-state index contributed by atoms with van der Waals surface area (Å²) in [5.74, 6) is 0. The molecule has 0 aromatic carbocycles. The van der Waals surface area contributed by atoms with Crippen LogP contribution < -0.4 is 0 Å². The molecular formula is C22H16N6. The fraction of sp³-hybridized carbons (Fsp3) is 0.0909. The highest BCUT2D eigenvalue weighted by molar-refractivity contribution is 5.85. The first-order valence-corrected chi connectivity index (χ1v) is 9.16. The fourth-order valence-electron chi connectivity index (χ4n) is 3.92. The molecule has 0 saturated carbocycles. The van der Waals surface area contributed by atoms with E-state index in [1.54, 1.807) is 6.20 Å². The first-order chi connectivity index (χ1) is 13.7. The van der Waals surface area contributed by atoms with Crippen LogP contribution in [-0.4, -0.2) is 28.7 Å². The number of aryl methyl sites for hydroxylation is 2. The second-order valence-electron chi connectivity index (χ2n) is 7.13. The third-order valence-electron chi connectivity index (χ3n) is 5.23. The molecule has 6 rings (SSSR count). The molecule has 6 aromatic rings. The molecule has 6 heterocycles. The zero-order chi connectivity index (χ0) is 18.8. The molecule has 28 heavy (non-hydrogen) atoms. The Balaban J connectivity index is 1.59. The van der Waals surface area contributed by atoms with Gasteiger partial charge in [0.1, 0.15) is 22.6 Å². The third-order valence-corrected chi connectivity index (χ3v) is 5.23. The van der Waals surface area contributed by atoms with E-state index >= 15 is 0 Å². The summed E-state index contributed by atoms with van der Waals surface area (Å²) >= 11 is 0. The topological polar surface area (TPSA) is 60.4 Å². The van der Waals surface area contributed by atoms with Gasteiger partial charge in [-0.25, -0.2) is 19.9 Å². The lowest BCUT2D eigenvalue weighted by Gasteiger charge is -2.05. The highest BCUT2D eigenvalue weighted by atomic mass is 15.1. The molecule has 6 nitrogen and oxygen atoms in total. The second kappa shape index (κ2) is 5.36. The minimum atomic E-state index is 0.880. The highest BCUT2D eigenvalue weighted by Crippen LogP contribution is 2.26. The van der Waals surface area contributed by atoms with Gasteiger partial charge in [0.05, 0.1) is 5.69 Å². The van der Waals surface area contributed by atoms with E-state index in [0.717, 1.165) is 50.3 Å². The first-order valence-electron chi connectivity index (χ1n) is 9.16. The normalized spacial score (nSPS) is 11.9. The van der Waals surface area contributed by atoms with Crippen molar-refractivity contribution in [2.45, 2.75) is 13.8 Å². The number of nitrogens with zero attached hydrogens (tertiary/aromatic N) is 6. The van der Waals surface area contributed by atoms with Crippen molar-refractivity contribution in [3.8, 4) is 11.3 Å². The van der Waals surface area contributed by atoms with Crippen LogP contribution in [0.15, 0.2) is 61.2 Å². The molecule has 0 unspecified atom stereocenters. The first kappa shape index (κ1) is 15.3. The molecule has 0 fully saturated rings. The van der Waals surface area contributed by atoms with Crippen LogP contribution in [0.4, 0.5) is 0 Å². The Bertz CT molecular complexity index is 1540. The predicted octanol–water partition coefficient (Wildman–Crippen LogP) is 4.36. The Morgan fingerprint density at radius 2 is 1.71 bits per heavy atom. The lowest BCUT2D eigenvalue weighted by molar-refractivity contribution is 1.14. The lowest BCUT2D eigenvalue weighted by Crippen LogP contribution is -1.94. The zero-order valence-electron chi connectivity index (χ0n) is 15.5. The zero-order valence-corrected chi connectivity index (χ0v) is 15.5. The van der Waals surface area contributed by atoms with E-state index in [1.165, 1.54) is 5.56 Å². The quantitative estimate of drug-likeness (QED) is 0.435. The summed E-state index contributed by atoms with van der Waals surface area (Å²) in [6.07, 6.45) is 7.63. The van der Waals surface area contributed by atoms with E-state index in [9.17, 15) is 0 Å². The monoisotopic (exact) mass is 364 g/mol. The Morgan fingerprint density at radius 1 is 0.821 bits per heavy atom. The molecular weight excluding hydrogens is 348 g/mol. The number of hydrogen-bond acceptors (Lipinski definition) is 4. The number of fused-ring (bicyclic) bond motifs is 6. The molecule has 0 amide bonds. The van der Waals surface area contributed by atoms with Crippen LogP contribution in [0.1, 0.15) is 11.3 Å². The lowest BCUT2D eigenvalue weighted by atomic mass is 10.1. The largest absolute Gasteiger partial charge is 0.284 e. The van der Waals surface area contributed by atoms with Gasteiger partial charge in [0.2, 0.25) is 0 Å². The molecule has 0 bridgehead atoms. The van der Waals surface area contributed by atoms with E-state index in [4.69, 9.17) is 9.97 Å². The summed E-state index contributed by atoms with van der Waals surface area (Å²) in [4.78, 5) is 18.6. The van der Waals surface area contributed by atoms with Gasteiger partial charge < -0.3 is 0 Å². The van der Waals surface area contributed by atoms with Crippen LogP contribution in [0.2, 0.25) is 0 Å². The van der Waals surface area contributed by atoms with Crippen molar-refractivity contribution in [1.29, 1.82) is 0 Å². The van der Waals surface area contributed by atoms with Crippen LogP contribution in [0, 0.1) is 13.8 Å². The Morgan fingerprint density at radius 3 is 2.64 bits per heavy atom. The van der Waals surface area contributed by atoms with Crippen LogP contribution in [0.25, 0.3) is 44.6 Å². The standard InChI is InChI=1S/C22H16N6/c1-13-9-14(2)25-22-17(13)4-6-20-26-18(12-28(20)22)16-10-15-3-5-19-23-7-8-27(19)21(15)24-11-16/h3-12H,1-2H3. The molecule has 0 atom stereocenters. The van der Waals surface area contributed by atoms with Crippen molar-refractivity contribution in [3.05, 3.63) is 72.4 Å². The average molecular weight is 364 g/mol. The Hall–Kier alpha value is -3.80. The maximum Gasteiger partial charge on any atom is 0.146 e. The van der Waals surface area contributed by atoms with Crippen molar-refractivity contribution < 1.29 is 0 Å². The predicted molar refractivity (Wildman–Crippen MR) is 109 cm³/mol. The second-order valence-corrected chi connectivity index (χ2v) is 7.13. The number of hydrogen-bond donors (Lipinski definition) is 0. The van der Waals surface area contributed by atoms with Crippen molar-refractivity contribution in [3.63, 3.8) is 0 Å². The van der Waals surface area contributed by atoms with Gasteiger partial charge in [0, 0.05) is 46.8 Å². The summed E-state index contributed by atoms with van der Waals surface area (Å²) in [5, 5.41) is 2.19. The van der Waals surface area contributed by atoms with Gasteiger partial charge in [-0.05, 0) is 55.8 Å². The van der Waals surface area contributed by atoms with Gasteiger partial charge in [-0.1, -0.05) is 0 Å². The van der Waals surface area contributed by atoms with E-state index in [2.05, 4.69) is 39.5 Å². The number of rotatable bonds is 1. The molecule has 134 valence electrons. The van der Waals surface area contributed by atoms with Crippen LogP contribution >= 0.6 is 0 Å². The molecule has 0 aliphatic heterocycles. The minimum Gasteiger partial charge on any atom is -0.284 e. The van der Waals surface area contributed by atoms with Crippen LogP contribution in [-0.2, 0) is 0 Å². The smallest absolute Gasteiger partial charge is 0.146 e. The molecule has 0 radical (unpaired) electrons. The molecule has 0 spiro atoms. The summed E-state index contributed by atoms with van der Waals surface area (Å²) in [6.45, 7) is 4.14. The maximum absolute atomic E-state index is 4.82. The van der Waals surface area contributed by atoms with Gasteiger partial charge >= 0.3 is 0 Å². The number of aromatic nitrogens is 6. The van der Waals surface area contributed by atoms with Gasteiger partial charge in [-0.3, -0.25) is 8.80 Å². The summed E-state index contributed by atoms with van der Waals surface area (Å²) in [6, 6.07) is 12.4. The molecule has 0 aliphatic carbocycles. The average Bonchev–Trinajstić information content (AvgIpc) is 3.34. The fourth-order valence-corrected chi connectivity index (χ4v) is 3.92. The molecule has 0 aliphatic rings. The minimum absolute atomic E-state index is 0.880. The van der Waals surface area contributed by atoms with E-state index < -0.39 is 0 Å². The van der Waals surface area contributed by atoms with E-state index in [0.29, 0.717) is 0 Å². The van der Waals surface area contributed by atoms with Crippen LogP contribution in [0.3, 0.4) is 0 Å². The summed E-state index contributed by atoms with van der Waals surface area (Å²) in [7, 11) is 0. The van der Waals surface area contributed by atoms with Crippen molar-refractivity contribution in [1.82, 2.24) is 28.7 Å². The van der Waals surface area contributed by atoms with Crippen molar-refractivity contribution >= 4 is 33.4 Å². The van der Waals surface area contributed by atoms with Gasteiger partial charge in [0.25, 0.3) is 0 Å². The Labute approximate surface area is 160 Å². The molecule has 6 heteroatoms. The number of pyridine rings is 4. The van der Waals surface area contributed by atoms with Gasteiger partial charge in [-0.15, -0.1) is 0 Å². The Kier molecular flexibility index (Phi) is 2.92. The third kappa shape index (κ3) is 2.08. The highest BCUT2D eigenvalue weighted by Gasteiger charge is 2.11. The molecule has 0 saturated heterocycles. The van der Waals surface area contributed by atoms with E-state index in [1.807, 2.05) is 48.1 Å². The number of imidazole rings is 2. The summed E-state index contributed by atoms with van der Waals surface area (Å²) < 4.78 is 4.06. The molecule has 0 N–H and O–H groups in total. The summed E-state index contributed by atoms with van der Waals surface area (Å²) in [5.41, 5.74) is 7.68. The molecule has 6 aromatic heterocycles. The van der Waals surface area contributed by atoms with Gasteiger partial charge in [0.15, 0.2) is 0 Å². The maximum atomic E-state index is 4.82. The van der Waals surface area contributed by atoms with Crippen LogP contribution in [0.5, 0.6) is 0 Å². The SMILES string of the molecule is Cc1cc(C)c2ccc3nc(-c4cnc5c(ccc6nccn65)c4)cn3c2n1. The van der Waals surface area contributed by atoms with Crippen molar-refractivity contribution in [2.24, 2.45) is 0 Å². The van der Waals surface area contributed by atoms with Crippen molar-refractivity contribution in [2.75, 3.05) is 0 Å². The van der Waals surface area contributed by atoms with E-state index in [-0.39, 0.29) is 0 Å².